The van der Waals surface area contributed by atoms with Crippen LogP contribution in [0.3, 0.4) is 0 Å². The summed E-state index contributed by atoms with van der Waals surface area (Å²) in [4.78, 5) is 28.0. The van der Waals surface area contributed by atoms with Gasteiger partial charge in [-0.25, -0.2) is 4.79 Å². The highest BCUT2D eigenvalue weighted by Crippen LogP contribution is 2.22. The number of para-hydroxylation sites is 1. The van der Waals surface area contributed by atoms with E-state index in [4.69, 9.17) is 9.47 Å². The number of hydrogen-bond acceptors (Lipinski definition) is 5. The lowest BCUT2D eigenvalue weighted by atomic mass is 10.1. The fourth-order valence-electron chi connectivity index (χ4n) is 2.89. The van der Waals surface area contributed by atoms with E-state index >= 15 is 0 Å². The van der Waals surface area contributed by atoms with Gasteiger partial charge < -0.3 is 19.5 Å². The van der Waals surface area contributed by atoms with Crippen LogP contribution in [0, 0.1) is 0 Å². The Bertz CT molecular complexity index is 559. The number of carbonyl (C=O) groups is 2. The molecule has 0 spiro atoms. The number of amides is 2. The fraction of sp³-hybridized carbons (Fsp3) is 0.500. The summed E-state index contributed by atoms with van der Waals surface area (Å²) in [5.41, 5.74) is 0. The maximum atomic E-state index is 12.6. The molecule has 0 unspecified atom stereocenters. The van der Waals surface area contributed by atoms with Crippen LogP contribution in [0.2, 0.25) is 0 Å². The van der Waals surface area contributed by atoms with Gasteiger partial charge in [-0.05, 0) is 12.1 Å². The molecule has 0 aliphatic carbocycles. The van der Waals surface area contributed by atoms with Gasteiger partial charge >= 0.3 is 6.09 Å². The smallest absolute Gasteiger partial charge is 0.410 e. The van der Waals surface area contributed by atoms with Crippen molar-refractivity contribution in [1.29, 1.82) is 0 Å². The fourth-order valence-corrected chi connectivity index (χ4v) is 2.89. The number of nitrogens with zero attached hydrogens (tertiary/aromatic N) is 2. The average Bonchev–Trinajstić information content (AvgIpc) is 2.98. The minimum absolute atomic E-state index is 0.104. The lowest BCUT2D eigenvalue weighted by Gasteiger charge is -2.31. The highest BCUT2D eigenvalue weighted by molar-refractivity contribution is 5.87. The van der Waals surface area contributed by atoms with Crippen LogP contribution in [0.15, 0.2) is 30.3 Å². The van der Waals surface area contributed by atoms with Gasteiger partial charge in [0.15, 0.2) is 0 Å². The van der Waals surface area contributed by atoms with Crippen molar-refractivity contribution in [3.05, 3.63) is 30.3 Å². The van der Waals surface area contributed by atoms with Gasteiger partial charge in [0.1, 0.15) is 11.8 Å². The van der Waals surface area contributed by atoms with Gasteiger partial charge in [0.25, 0.3) is 0 Å². The molecule has 1 N–H and O–H groups in total. The van der Waals surface area contributed by atoms with Crippen LogP contribution in [-0.2, 0) is 9.53 Å². The van der Waals surface area contributed by atoms with E-state index in [0.29, 0.717) is 32.1 Å². The second kappa shape index (κ2) is 6.97. The monoisotopic (exact) mass is 320 g/mol. The molecule has 23 heavy (non-hydrogen) atoms. The quantitative estimate of drug-likeness (QED) is 0.857. The summed E-state index contributed by atoms with van der Waals surface area (Å²) < 4.78 is 10.5. The second-order valence-corrected chi connectivity index (χ2v) is 5.68. The van der Waals surface area contributed by atoms with Crippen LogP contribution >= 0.6 is 0 Å². The van der Waals surface area contributed by atoms with E-state index in [0.717, 1.165) is 0 Å². The molecule has 7 heteroatoms. The summed E-state index contributed by atoms with van der Waals surface area (Å²) in [5, 5.41) is 9.89. The van der Waals surface area contributed by atoms with Crippen molar-refractivity contribution < 1.29 is 24.2 Å². The Morgan fingerprint density at radius 2 is 1.87 bits per heavy atom. The summed E-state index contributed by atoms with van der Waals surface area (Å²) in [6.07, 6.45) is -1.09. The number of rotatable bonds is 2. The molecule has 2 aliphatic rings. The van der Waals surface area contributed by atoms with E-state index in [9.17, 15) is 14.7 Å². The largest absolute Gasteiger partial charge is 0.416 e. The molecule has 124 valence electrons. The zero-order chi connectivity index (χ0) is 16.2. The number of aliphatic hydroxyl groups excluding tert-OH is 1. The van der Waals surface area contributed by atoms with Gasteiger partial charge in [-0.15, -0.1) is 0 Å². The maximum Gasteiger partial charge on any atom is 0.416 e. The molecule has 0 radical (unpaired) electrons. The Morgan fingerprint density at radius 1 is 1.17 bits per heavy atom. The molecule has 2 atom stereocenters. The number of carbonyl (C=O) groups excluding carboxylic acids is 2. The van der Waals surface area contributed by atoms with Crippen LogP contribution in [0.4, 0.5) is 4.79 Å². The Labute approximate surface area is 134 Å². The third kappa shape index (κ3) is 3.62. The van der Waals surface area contributed by atoms with Gasteiger partial charge in [0.2, 0.25) is 5.91 Å². The highest BCUT2D eigenvalue weighted by atomic mass is 16.6. The highest BCUT2D eigenvalue weighted by Gasteiger charge is 2.42. The van der Waals surface area contributed by atoms with Gasteiger partial charge in [-0.1, -0.05) is 18.2 Å². The number of aliphatic hydroxyl groups is 1. The molecular formula is C16H20N2O5. The first-order chi connectivity index (χ1) is 11.1. The number of ether oxygens (including phenoxy) is 2. The molecule has 1 aromatic rings. The predicted octanol–water partition coefficient (Wildman–Crippen LogP) is 0.479. The third-order valence-electron chi connectivity index (χ3n) is 4.07. The first-order valence-corrected chi connectivity index (χ1v) is 7.73. The normalized spacial score (nSPS) is 24.6. The minimum atomic E-state index is -0.715. The summed E-state index contributed by atoms with van der Waals surface area (Å²) >= 11 is 0. The van der Waals surface area contributed by atoms with E-state index in [2.05, 4.69) is 0 Å². The van der Waals surface area contributed by atoms with Gasteiger partial charge in [-0.3, -0.25) is 9.69 Å². The molecule has 1 aromatic carbocycles. The molecule has 0 aromatic heterocycles. The standard InChI is InChI=1S/C16H20N2O5/c19-12-10-14(15(20)17-6-8-22-9-7-17)18(11-12)16(21)23-13-4-2-1-3-5-13/h1-5,12,14,19H,6-11H2/t12-,14-/m1/s1. The molecule has 7 nitrogen and oxygen atoms in total. The molecule has 2 heterocycles. The molecular weight excluding hydrogens is 300 g/mol. The topological polar surface area (TPSA) is 79.3 Å². The first-order valence-electron chi connectivity index (χ1n) is 7.73. The van der Waals surface area contributed by atoms with Crippen molar-refractivity contribution in [1.82, 2.24) is 9.80 Å². The number of likely N-dealkylation sites (tertiary alicyclic amines) is 1. The van der Waals surface area contributed by atoms with Gasteiger partial charge in [0, 0.05) is 19.5 Å². The maximum absolute atomic E-state index is 12.6. The van der Waals surface area contributed by atoms with Crippen molar-refractivity contribution in [2.24, 2.45) is 0 Å². The summed E-state index contributed by atoms with van der Waals surface area (Å²) in [5.74, 6) is 0.256. The molecule has 0 bridgehead atoms. The Hall–Kier alpha value is -2.12. The number of β-amino-alcohol motifs (C(OH)–C–C–N with tert-alkyl or cyclic N) is 1. The molecule has 2 aliphatic heterocycles. The van der Waals surface area contributed by atoms with Crippen LogP contribution < -0.4 is 4.74 Å². The summed E-state index contributed by atoms with van der Waals surface area (Å²) in [7, 11) is 0. The SMILES string of the molecule is O=C([C@H]1C[C@@H](O)CN1C(=O)Oc1ccccc1)N1CCOCC1. The van der Waals surface area contributed by atoms with E-state index in [1.807, 2.05) is 6.07 Å². The molecule has 3 rings (SSSR count). The molecule has 2 saturated heterocycles. The van der Waals surface area contributed by atoms with Gasteiger partial charge in [-0.2, -0.15) is 0 Å². The number of benzene rings is 1. The Morgan fingerprint density at radius 3 is 2.57 bits per heavy atom. The van der Waals surface area contributed by atoms with Crippen LogP contribution in [0.1, 0.15) is 6.42 Å². The van der Waals surface area contributed by atoms with Crippen molar-refractivity contribution in [3.63, 3.8) is 0 Å². The second-order valence-electron chi connectivity index (χ2n) is 5.68. The van der Waals surface area contributed by atoms with Crippen LogP contribution in [-0.4, -0.2) is 71.9 Å². The summed E-state index contributed by atoms with van der Waals surface area (Å²) in [6, 6.07) is 8.00. The van der Waals surface area contributed by atoms with Crippen molar-refractivity contribution >= 4 is 12.0 Å². The first kappa shape index (κ1) is 15.8. The minimum Gasteiger partial charge on any atom is -0.410 e. The molecule has 2 amide bonds. The lowest BCUT2D eigenvalue weighted by molar-refractivity contribution is -0.139. The van der Waals surface area contributed by atoms with Gasteiger partial charge in [0.05, 0.1) is 25.9 Å². The van der Waals surface area contributed by atoms with E-state index in [1.165, 1.54) is 4.90 Å². The van der Waals surface area contributed by atoms with Crippen LogP contribution in [0.5, 0.6) is 5.75 Å². The number of morpholine rings is 1. The van der Waals surface area contributed by atoms with E-state index in [-0.39, 0.29) is 18.9 Å². The molecule has 0 saturated carbocycles. The Kier molecular flexibility index (Phi) is 4.78. The van der Waals surface area contributed by atoms with Crippen molar-refractivity contribution in [2.45, 2.75) is 18.6 Å². The zero-order valence-corrected chi connectivity index (χ0v) is 12.8. The predicted molar refractivity (Wildman–Crippen MR) is 81.0 cm³/mol. The van der Waals surface area contributed by atoms with Crippen molar-refractivity contribution in [2.75, 3.05) is 32.8 Å². The zero-order valence-electron chi connectivity index (χ0n) is 12.8. The average molecular weight is 320 g/mol. The Balaban J connectivity index is 1.68. The van der Waals surface area contributed by atoms with E-state index < -0.39 is 18.2 Å². The van der Waals surface area contributed by atoms with E-state index in [1.54, 1.807) is 29.2 Å². The third-order valence-corrected chi connectivity index (χ3v) is 4.07. The summed E-state index contributed by atoms with van der Waals surface area (Å²) in [6.45, 7) is 2.11. The molecule has 2 fully saturated rings. The lowest BCUT2D eigenvalue weighted by Crippen LogP contribution is -2.51. The van der Waals surface area contributed by atoms with Crippen molar-refractivity contribution in [3.8, 4) is 5.75 Å². The number of hydrogen-bond donors (Lipinski definition) is 1. The van der Waals surface area contributed by atoms with Crippen LogP contribution in [0.25, 0.3) is 0 Å².